The number of benzene rings is 1. The van der Waals surface area contributed by atoms with Gasteiger partial charge in [-0.05, 0) is 12.1 Å². The Bertz CT molecular complexity index is 419. The molecular formula is C12H17N3O. The molecule has 0 fully saturated rings. The predicted octanol–water partition coefficient (Wildman–Crippen LogP) is 1.76. The van der Waals surface area contributed by atoms with E-state index in [0.717, 1.165) is 0 Å². The van der Waals surface area contributed by atoms with Crippen LogP contribution in [0.3, 0.4) is 0 Å². The molecule has 0 radical (unpaired) electrons. The van der Waals surface area contributed by atoms with Crippen molar-refractivity contribution < 1.29 is 4.79 Å². The van der Waals surface area contributed by atoms with Gasteiger partial charge in [0.05, 0.1) is 0 Å². The van der Waals surface area contributed by atoms with Crippen LogP contribution in [0.4, 0.5) is 5.69 Å². The fourth-order valence-electron chi connectivity index (χ4n) is 1.07. The molecule has 0 saturated carbocycles. The van der Waals surface area contributed by atoms with Crippen molar-refractivity contribution in [1.82, 2.24) is 5.32 Å². The SMILES string of the molecule is CC(C)(C)C(=O)NC(=N)c1cccc(N)c1. The molecule has 4 N–H and O–H groups in total. The van der Waals surface area contributed by atoms with Crippen molar-refractivity contribution in [3.8, 4) is 0 Å². The minimum atomic E-state index is -0.507. The van der Waals surface area contributed by atoms with E-state index in [1.807, 2.05) is 0 Å². The van der Waals surface area contributed by atoms with E-state index in [2.05, 4.69) is 5.32 Å². The van der Waals surface area contributed by atoms with Crippen LogP contribution in [0.5, 0.6) is 0 Å². The number of carbonyl (C=O) groups excluding carboxylic acids is 1. The highest BCUT2D eigenvalue weighted by atomic mass is 16.2. The van der Waals surface area contributed by atoms with Crippen molar-refractivity contribution in [2.45, 2.75) is 20.8 Å². The van der Waals surface area contributed by atoms with Gasteiger partial charge in [0, 0.05) is 16.7 Å². The number of amides is 1. The molecule has 0 spiro atoms. The third-order valence-electron chi connectivity index (χ3n) is 2.10. The molecule has 0 unspecified atom stereocenters. The standard InChI is InChI=1S/C12H17N3O/c1-12(2,3)11(16)15-10(14)8-5-4-6-9(13)7-8/h4-7H,13H2,1-3H3,(H2,14,15,16). The number of nitrogens with one attached hydrogen (secondary N) is 2. The third-order valence-corrected chi connectivity index (χ3v) is 2.10. The minimum Gasteiger partial charge on any atom is -0.399 e. The Kier molecular flexibility index (Phi) is 3.32. The van der Waals surface area contributed by atoms with Crippen LogP contribution < -0.4 is 11.1 Å². The average molecular weight is 219 g/mol. The van der Waals surface area contributed by atoms with Crippen LogP contribution >= 0.6 is 0 Å². The van der Waals surface area contributed by atoms with E-state index in [1.54, 1.807) is 45.0 Å². The lowest BCUT2D eigenvalue weighted by atomic mass is 9.95. The maximum Gasteiger partial charge on any atom is 0.230 e. The van der Waals surface area contributed by atoms with Gasteiger partial charge < -0.3 is 11.1 Å². The summed E-state index contributed by atoms with van der Waals surface area (Å²) in [4.78, 5) is 11.7. The Hall–Kier alpha value is -1.84. The molecule has 16 heavy (non-hydrogen) atoms. The molecular weight excluding hydrogens is 202 g/mol. The van der Waals surface area contributed by atoms with Gasteiger partial charge in [0.1, 0.15) is 5.84 Å². The van der Waals surface area contributed by atoms with Crippen molar-refractivity contribution in [2.24, 2.45) is 5.41 Å². The molecule has 0 saturated heterocycles. The van der Waals surface area contributed by atoms with Gasteiger partial charge in [-0.2, -0.15) is 0 Å². The molecule has 0 aliphatic carbocycles. The van der Waals surface area contributed by atoms with E-state index in [9.17, 15) is 4.79 Å². The largest absolute Gasteiger partial charge is 0.399 e. The molecule has 4 heteroatoms. The highest BCUT2D eigenvalue weighted by Gasteiger charge is 2.22. The van der Waals surface area contributed by atoms with E-state index in [-0.39, 0.29) is 11.7 Å². The lowest BCUT2D eigenvalue weighted by Crippen LogP contribution is -2.38. The van der Waals surface area contributed by atoms with Crippen LogP contribution in [-0.4, -0.2) is 11.7 Å². The van der Waals surface area contributed by atoms with Crippen LogP contribution in [0.2, 0.25) is 0 Å². The quantitative estimate of drug-likeness (QED) is 0.382. The second-order valence-corrected chi connectivity index (χ2v) is 4.70. The Morgan fingerprint density at radius 2 is 2.00 bits per heavy atom. The Morgan fingerprint density at radius 3 is 2.50 bits per heavy atom. The second kappa shape index (κ2) is 4.35. The molecule has 0 aromatic heterocycles. The van der Waals surface area contributed by atoms with Crippen LogP contribution in [-0.2, 0) is 4.79 Å². The summed E-state index contributed by atoms with van der Waals surface area (Å²) in [5, 5.41) is 10.3. The van der Waals surface area contributed by atoms with E-state index < -0.39 is 5.41 Å². The van der Waals surface area contributed by atoms with E-state index >= 15 is 0 Å². The zero-order valence-electron chi connectivity index (χ0n) is 9.79. The zero-order valence-corrected chi connectivity index (χ0v) is 9.79. The van der Waals surface area contributed by atoms with E-state index in [4.69, 9.17) is 11.1 Å². The van der Waals surface area contributed by atoms with Crippen LogP contribution in [0, 0.1) is 10.8 Å². The smallest absolute Gasteiger partial charge is 0.230 e. The first-order valence-corrected chi connectivity index (χ1v) is 5.06. The normalized spacial score (nSPS) is 10.9. The van der Waals surface area contributed by atoms with Gasteiger partial charge in [-0.3, -0.25) is 10.2 Å². The second-order valence-electron chi connectivity index (χ2n) is 4.70. The van der Waals surface area contributed by atoms with Gasteiger partial charge in [0.15, 0.2) is 0 Å². The lowest BCUT2D eigenvalue weighted by molar-refractivity contribution is -0.126. The van der Waals surface area contributed by atoms with Crippen molar-refractivity contribution >= 4 is 17.4 Å². The van der Waals surface area contributed by atoms with Crippen molar-refractivity contribution in [3.63, 3.8) is 0 Å². The predicted molar refractivity (Wildman–Crippen MR) is 65.3 cm³/mol. The van der Waals surface area contributed by atoms with Gasteiger partial charge in [-0.1, -0.05) is 32.9 Å². The molecule has 4 nitrogen and oxygen atoms in total. The number of hydrogen-bond acceptors (Lipinski definition) is 3. The summed E-state index contributed by atoms with van der Waals surface area (Å²) >= 11 is 0. The Labute approximate surface area is 95.4 Å². The Balaban J connectivity index is 2.78. The lowest BCUT2D eigenvalue weighted by Gasteiger charge is -2.18. The van der Waals surface area contributed by atoms with Crippen LogP contribution in [0.25, 0.3) is 0 Å². The molecule has 0 atom stereocenters. The van der Waals surface area contributed by atoms with Crippen LogP contribution in [0.15, 0.2) is 24.3 Å². The topological polar surface area (TPSA) is 79.0 Å². The summed E-state index contributed by atoms with van der Waals surface area (Å²) in [5.41, 5.74) is 6.28. The van der Waals surface area contributed by atoms with Gasteiger partial charge in [-0.25, -0.2) is 0 Å². The fraction of sp³-hybridized carbons (Fsp3) is 0.333. The zero-order chi connectivity index (χ0) is 12.3. The van der Waals surface area contributed by atoms with Gasteiger partial charge in [0.25, 0.3) is 0 Å². The molecule has 0 aliphatic rings. The van der Waals surface area contributed by atoms with Gasteiger partial charge in [0.2, 0.25) is 5.91 Å². The highest BCUT2D eigenvalue weighted by molar-refractivity contribution is 6.07. The molecule has 0 heterocycles. The summed E-state index contributed by atoms with van der Waals surface area (Å²) in [5.74, 6) is -0.104. The van der Waals surface area contributed by atoms with Crippen LogP contribution in [0.1, 0.15) is 26.3 Å². The number of hydrogen-bond donors (Lipinski definition) is 3. The molecule has 1 rings (SSSR count). The number of nitrogen functional groups attached to an aromatic ring is 1. The minimum absolute atomic E-state index is 0.0761. The number of amidine groups is 1. The van der Waals surface area contributed by atoms with Crippen molar-refractivity contribution in [2.75, 3.05) is 5.73 Å². The van der Waals surface area contributed by atoms with Gasteiger partial charge >= 0.3 is 0 Å². The summed E-state index contributed by atoms with van der Waals surface area (Å²) < 4.78 is 0. The number of carbonyl (C=O) groups is 1. The summed E-state index contributed by atoms with van der Waals surface area (Å²) in [7, 11) is 0. The number of anilines is 1. The van der Waals surface area contributed by atoms with Gasteiger partial charge in [-0.15, -0.1) is 0 Å². The maximum atomic E-state index is 11.7. The average Bonchev–Trinajstić information content (AvgIpc) is 2.16. The first kappa shape index (κ1) is 12.2. The number of rotatable bonds is 1. The molecule has 1 aromatic carbocycles. The molecule has 86 valence electrons. The summed E-state index contributed by atoms with van der Waals surface area (Å²) in [6.45, 7) is 5.40. The molecule has 1 aromatic rings. The Morgan fingerprint density at radius 1 is 1.38 bits per heavy atom. The maximum absolute atomic E-state index is 11.7. The van der Waals surface area contributed by atoms with Crippen molar-refractivity contribution in [3.05, 3.63) is 29.8 Å². The third kappa shape index (κ3) is 3.08. The highest BCUT2D eigenvalue weighted by Crippen LogP contribution is 2.13. The first-order chi connectivity index (χ1) is 7.30. The summed E-state index contributed by atoms with van der Waals surface area (Å²) in [6, 6.07) is 6.89. The molecule has 0 bridgehead atoms. The van der Waals surface area contributed by atoms with Crippen molar-refractivity contribution in [1.29, 1.82) is 5.41 Å². The summed E-state index contributed by atoms with van der Waals surface area (Å²) in [6.07, 6.45) is 0. The van der Waals surface area contributed by atoms with E-state index in [0.29, 0.717) is 11.3 Å². The van der Waals surface area contributed by atoms with E-state index in [1.165, 1.54) is 0 Å². The molecule has 0 aliphatic heterocycles. The number of nitrogens with two attached hydrogens (primary N) is 1. The fourth-order valence-corrected chi connectivity index (χ4v) is 1.07. The molecule has 1 amide bonds. The first-order valence-electron chi connectivity index (χ1n) is 5.06. The monoisotopic (exact) mass is 219 g/mol.